The smallest absolute Gasteiger partial charge is 0.212 e. The number of nitrogens with zero attached hydrogens (tertiary/aromatic N) is 1. The lowest BCUT2D eigenvalue weighted by molar-refractivity contribution is 0.456. The summed E-state index contributed by atoms with van der Waals surface area (Å²) >= 11 is 0. The van der Waals surface area contributed by atoms with Crippen LogP contribution in [0.4, 0.5) is 0 Å². The Morgan fingerprint density at radius 2 is 2.27 bits per heavy atom. The van der Waals surface area contributed by atoms with Crippen LogP contribution in [0.5, 0.6) is 0 Å². The molecule has 0 saturated heterocycles. The highest BCUT2D eigenvalue weighted by Crippen LogP contribution is 2.21. The number of rotatable bonds is 3. The van der Waals surface area contributed by atoms with Crippen molar-refractivity contribution in [3.05, 3.63) is 29.7 Å². The van der Waals surface area contributed by atoms with Gasteiger partial charge in [-0.05, 0) is 38.1 Å². The molecule has 2 rings (SSSR count). The number of benzene rings is 1. The van der Waals surface area contributed by atoms with Gasteiger partial charge in [-0.15, -0.1) is 0 Å². The number of aryl methyl sites for hydroxylation is 1. The van der Waals surface area contributed by atoms with Gasteiger partial charge in [0.15, 0.2) is 5.58 Å². The van der Waals surface area contributed by atoms with Gasteiger partial charge >= 0.3 is 0 Å². The molecule has 1 atom stereocenters. The third-order valence-corrected chi connectivity index (χ3v) is 2.68. The van der Waals surface area contributed by atoms with E-state index in [1.807, 2.05) is 20.0 Å². The Morgan fingerprint density at radius 3 is 2.93 bits per heavy atom. The van der Waals surface area contributed by atoms with Gasteiger partial charge in [-0.3, -0.25) is 0 Å². The largest absolute Gasteiger partial charge is 0.439 e. The van der Waals surface area contributed by atoms with Crippen LogP contribution in [0.1, 0.15) is 31.3 Å². The summed E-state index contributed by atoms with van der Waals surface area (Å²) in [7, 11) is 1.90. The van der Waals surface area contributed by atoms with Gasteiger partial charge in [0.25, 0.3) is 0 Å². The van der Waals surface area contributed by atoms with Gasteiger partial charge in [0.2, 0.25) is 5.89 Å². The molecule has 0 aliphatic carbocycles. The number of hydrogen-bond donors (Lipinski definition) is 1. The molecule has 1 N–H and O–H groups in total. The van der Waals surface area contributed by atoms with Gasteiger partial charge < -0.3 is 9.73 Å². The Kier molecular flexibility index (Phi) is 2.73. The van der Waals surface area contributed by atoms with Crippen LogP contribution in [0.15, 0.2) is 22.6 Å². The molecule has 15 heavy (non-hydrogen) atoms. The Morgan fingerprint density at radius 1 is 1.47 bits per heavy atom. The van der Waals surface area contributed by atoms with Crippen LogP contribution < -0.4 is 5.32 Å². The van der Waals surface area contributed by atoms with Crippen LogP contribution in [0, 0.1) is 0 Å². The van der Waals surface area contributed by atoms with Crippen LogP contribution in [0.3, 0.4) is 0 Å². The molecule has 1 aromatic heterocycles. The number of fused-ring (bicyclic) bond motifs is 1. The van der Waals surface area contributed by atoms with E-state index >= 15 is 0 Å². The molecule has 0 fully saturated rings. The average Bonchev–Trinajstić information content (AvgIpc) is 2.70. The quantitative estimate of drug-likeness (QED) is 0.835. The van der Waals surface area contributed by atoms with Crippen LogP contribution >= 0.6 is 0 Å². The summed E-state index contributed by atoms with van der Waals surface area (Å²) in [5, 5.41) is 3.11. The maximum Gasteiger partial charge on any atom is 0.212 e. The second-order valence-corrected chi connectivity index (χ2v) is 3.72. The summed E-state index contributed by atoms with van der Waals surface area (Å²) in [6, 6.07) is 6.32. The molecule has 80 valence electrons. The fourth-order valence-corrected chi connectivity index (χ4v) is 1.52. The van der Waals surface area contributed by atoms with Gasteiger partial charge in [0.05, 0.1) is 6.04 Å². The molecule has 1 heterocycles. The second-order valence-electron chi connectivity index (χ2n) is 3.72. The molecule has 0 aliphatic heterocycles. The van der Waals surface area contributed by atoms with E-state index in [0.29, 0.717) is 0 Å². The lowest BCUT2D eigenvalue weighted by Crippen LogP contribution is -2.12. The third kappa shape index (κ3) is 1.88. The standard InChI is InChI=1S/C12H16N2O/c1-4-9-5-6-11-10(7-9)14-12(15-11)8(2)13-3/h5-8,13H,4H2,1-3H3. The summed E-state index contributed by atoms with van der Waals surface area (Å²) in [5.74, 6) is 0.751. The Balaban J connectivity index is 2.46. The molecule has 0 saturated carbocycles. The van der Waals surface area contributed by atoms with Gasteiger partial charge in [0.1, 0.15) is 5.52 Å². The van der Waals surface area contributed by atoms with E-state index < -0.39 is 0 Å². The molecule has 3 heteroatoms. The Labute approximate surface area is 89.5 Å². The minimum Gasteiger partial charge on any atom is -0.439 e. The minimum atomic E-state index is 0.155. The van der Waals surface area contributed by atoms with E-state index in [0.717, 1.165) is 23.4 Å². The molecule has 0 spiro atoms. The monoisotopic (exact) mass is 204 g/mol. The number of oxazole rings is 1. The molecule has 3 nitrogen and oxygen atoms in total. The van der Waals surface area contributed by atoms with Crippen molar-refractivity contribution < 1.29 is 4.42 Å². The van der Waals surface area contributed by atoms with E-state index in [4.69, 9.17) is 4.42 Å². The van der Waals surface area contributed by atoms with Crippen LogP contribution in [0.2, 0.25) is 0 Å². The second kappa shape index (κ2) is 4.03. The highest BCUT2D eigenvalue weighted by atomic mass is 16.3. The predicted molar refractivity (Wildman–Crippen MR) is 60.9 cm³/mol. The van der Waals surface area contributed by atoms with Gasteiger partial charge in [-0.25, -0.2) is 4.98 Å². The lowest BCUT2D eigenvalue weighted by atomic mass is 10.1. The van der Waals surface area contributed by atoms with Gasteiger partial charge in [0, 0.05) is 0 Å². The summed E-state index contributed by atoms with van der Waals surface area (Å²) in [4.78, 5) is 4.46. The molecule has 0 bridgehead atoms. The van der Waals surface area contributed by atoms with Crippen LogP contribution in [-0.4, -0.2) is 12.0 Å². The first kappa shape index (κ1) is 10.2. The first-order valence-corrected chi connectivity index (χ1v) is 5.31. The van der Waals surface area contributed by atoms with Crippen molar-refractivity contribution in [2.45, 2.75) is 26.3 Å². The zero-order chi connectivity index (χ0) is 10.8. The van der Waals surface area contributed by atoms with E-state index in [1.54, 1.807) is 0 Å². The first-order chi connectivity index (χ1) is 7.24. The van der Waals surface area contributed by atoms with Crippen molar-refractivity contribution in [3.63, 3.8) is 0 Å². The fraction of sp³-hybridized carbons (Fsp3) is 0.417. The maximum atomic E-state index is 5.65. The van der Waals surface area contributed by atoms with Crippen molar-refractivity contribution in [1.29, 1.82) is 0 Å². The molecular formula is C12H16N2O. The molecular weight excluding hydrogens is 188 g/mol. The zero-order valence-electron chi connectivity index (χ0n) is 9.37. The van der Waals surface area contributed by atoms with E-state index in [-0.39, 0.29) is 6.04 Å². The van der Waals surface area contributed by atoms with Crippen LogP contribution in [0.25, 0.3) is 11.1 Å². The molecule has 1 unspecified atom stereocenters. The lowest BCUT2D eigenvalue weighted by Gasteiger charge is -2.02. The minimum absolute atomic E-state index is 0.155. The fourth-order valence-electron chi connectivity index (χ4n) is 1.52. The van der Waals surface area contributed by atoms with Crippen molar-refractivity contribution in [3.8, 4) is 0 Å². The van der Waals surface area contributed by atoms with E-state index in [9.17, 15) is 0 Å². The van der Waals surface area contributed by atoms with Crippen molar-refractivity contribution in [1.82, 2.24) is 10.3 Å². The number of nitrogens with one attached hydrogen (secondary N) is 1. The Bertz CT molecular complexity index is 462. The number of aromatic nitrogens is 1. The molecule has 0 radical (unpaired) electrons. The topological polar surface area (TPSA) is 38.1 Å². The summed E-state index contributed by atoms with van der Waals surface area (Å²) < 4.78 is 5.65. The highest BCUT2D eigenvalue weighted by Gasteiger charge is 2.11. The van der Waals surface area contributed by atoms with E-state index in [1.165, 1.54) is 5.56 Å². The maximum absolute atomic E-state index is 5.65. The van der Waals surface area contributed by atoms with E-state index in [2.05, 4.69) is 29.4 Å². The molecule has 0 amide bonds. The summed E-state index contributed by atoms with van der Waals surface area (Å²) in [5.41, 5.74) is 3.11. The molecule has 0 aliphatic rings. The van der Waals surface area contributed by atoms with Crippen molar-refractivity contribution >= 4 is 11.1 Å². The van der Waals surface area contributed by atoms with Crippen LogP contribution in [-0.2, 0) is 6.42 Å². The SMILES string of the molecule is CCc1ccc2oc(C(C)NC)nc2c1. The van der Waals surface area contributed by atoms with Crippen molar-refractivity contribution in [2.75, 3.05) is 7.05 Å². The summed E-state index contributed by atoms with van der Waals surface area (Å²) in [6.45, 7) is 4.17. The zero-order valence-corrected chi connectivity index (χ0v) is 9.37. The molecule has 1 aromatic carbocycles. The van der Waals surface area contributed by atoms with Gasteiger partial charge in [-0.2, -0.15) is 0 Å². The number of hydrogen-bond acceptors (Lipinski definition) is 3. The average molecular weight is 204 g/mol. The highest BCUT2D eigenvalue weighted by molar-refractivity contribution is 5.73. The Hall–Kier alpha value is -1.35. The third-order valence-electron chi connectivity index (χ3n) is 2.68. The van der Waals surface area contributed by atoms with Crippen molar-refractivity contribution in [2.24, 2.45) is 0 Å². The predicted octanol–water partition coefficient (Wildman–Crippen LogP) is 2.67. The first-order valence-electron chi connectivity index (χ1n) is 5.31. The van der Waals surface area contributed by atoms with Gasteiger partial charge in [-0.1, -0.05) is 13.0 Å². The summed E-state index contributed by atoms with van der Waals surface area (Å²) in [6.07, 6.45) is 1.03. The normalized spacial score (nSPS) is 13.3. The molecule has 2 aromatic rings.